The first kappa shape index (κ1) is 14.6. The fraction of sp³-hybridized carbons (Fsp3) is 0.154. The molecule has 22 heavy (non-hydrogen) atoms. The topological polar surface area (TPSA) is 87.7 Å². The number of hydrogen-bond donors (Lipinski definition) is 0. The smallest absolute Gasteiger partial charge is 0.368 e. The van der Waals surface area contributed by atoms with Crippen molar-refractivity contribution in [1.82, 2.24) is 30.0 Å². The van der Waals surface area contributed by atoms with E-state index in [2.05, 4.69) is 43.2 Å². The Morgan fingerprint density at radius 1 is 1.23 bits per heavy atom. The van der Waals surface area contributed by atoms with E-state index in [1.807, 2.05) is 12.1 Å². The van der Waals surface area contributed by atoms with E-state index in [9.17, 15) is 4.79 Å². The molecular weight excluding hydrogens is 399 g/mol. The second kappa shape index (κ2) is 6.22. The number of tetrazole rings is 1. The summed E-state index contributed by atoms with van der Waals surface area (Å²) in [6.07, 6.45) is 1.57. The number of nitrogens with zero attached hydrogens (tertiary/aromatic N) is 6. The molecular formula is C13H11IN6O2. The zero-order chi connectivity index (χ0) is 15.5. The summed E-state index contributed by atoms with van der Waals surface area (Å²) in [6.45, 7) is 0.246. The summed E-state index contributed by atoms with van der Waals surface area (Å²) in [4.78, 5) is 12.0. The monoisotopic (exact) mass is 410 g/mol. The van der Waals surface area contributed by atoms with Gasteiger partial charge in [-0.2, -0.15) is 14.5 Å². The summed E-state index contributed by atoms with van der Waals surface area (Å²) < 4.78 is 9.01. The van der Waals surface area contributed by atoms with Gasteiger partial charge in [0.05, 0.1) is 5.69 Å². The molecule has 112 valence electrons. The zero-order valence-electron chi connectivity index (χ0n) is 11.5. The van der Waals surface area contributed by atoms with Gasteiger partial charge in [-0.3, -0.25) is 0 Å². The number of aryl methyl sites for hydroxylation is 1. The Labute approximate surface area is 138 Å². The van der Waals surface area contributed by atoms with Crippen LogP contribution in [0.2, 0.25) is 0 Å². The normalized spacial score (nSPS) is 10.6. The van der Waals surface area contributed by atoms with Crippen LogP contribution in [-0.2, 0) is 13.7 Å². The van der Waals surface area contributed by atoms with Crippen molar-refractivity contribution in [3.05, 3.63) is 56.1 Å². The first-order valence-corrected chi connectivity index (χ1v) is 7.42. The van der Waals surface area contributed by atoms with Crippen LogP contribution in [0.3, 0.4) is 0 Å². The first-order chi connectivity index (χ1) is 10.7. The number of benzene rings is 1. The van der Waals surface area contributed by atoms with Gasteiger partial charge in [-0.05, 0) is 51.2 Å². The molecule has 0 fully saturated rings. The molecule has 0 bridgehead atoms. The van der Waals surface area contributed by atoms with Gasteiger partial charge < -0.3 is 4.74 Å². The lowest BCUT2D eigenvalue weighted by Crippen LogP contribution is -2.23. The van der Waals surface area contributed by atoms with Crippen molar-refractivity contribution in [1.29, 1.82) is 0 Å². The predicted molar refractivity (Wildman–Crippen MR) is 85.7 cm³/mol. The highest BCUT2D eigenvalue weighted by Crippen LogP contribution is 2.21. The van der Waals surface area contributed by atoms with Gasteiger partial charge in [0.25, 0.3) is 0 Å². The van der Waals surface area contributed by atoms with Crippen LogP contribution in [0, 0.1) is 3.57 Å². The molecule has 2 heterocycles. The molecule has 1 aromatic carbocycles. The lowest BCUT2D eigenvalue weighted by Gasteiger charge is -2.11. The summed E-state index contributed by atoms with van der Waals surface area (Å²) in [5.41, 5.74) is 1.15. The van der Waals surface area contributed by atoms with Crippen molar-refractivity contribution in [3.63, 3.8) is 0 Å². The number of rotatable bonds is 4. The number of hydrogen-bond acceptors (Lipinski definition) is 6. The summed E-state index contributed by atoms with van der Waals surface area (Å²) in [5, 5.41) is 15.2. The Bertz CT molecular complexity index is 845. The average Bonchev–Trinajstić information content (AvgIpc) is 2.86. The van der Waals surface area contributed by atoms with Crippen LogP contribution in [0.5, 0.6) is 5.88 Å². The van der Waals surface area contributed by atoms with Crippen molar-refractivity contribution >= 4 is 22.6 Å². The molecule has 0 aliphatic carbocycles. The molecule has 3 rings (SSSR count). The summed E-state index contributed by atoms with van der Waals surface area (Å²) >= 11 is 2.19. The molecule has 2 aromatic heterocycles. The van der Waals surface area contributed by atoms with Crippen molar-refractivity contribution in [2.24, 2.45) is 7.05 Å². The largest absolute Gasteiger partial charge is 0.472 e. The highest BCUT2D eigenvalue weighted by molar-refractivity contribution is 14.1. The Morgan fingerprint density at radius 2 is 2.09 bits per heavy atom. The van der Waals surface area contributed by atoms with Gasteiger partial charge in [-0.1, -0.05) is 6.07 Å². The molecule has 8 nitrogen and oxygen atoms in total. The Kier molecular flexibility index (Phi) is 4.13. The maximum absolute atomic E-state index is 12.0. The third-order valence-electron chi connectivity index (χ3n) is 2.96. The maximum atomic E-state index is 12.0. The maximum Gasteiger partial charge on any atom is 0.368 e. The molecule has 0 aliphatic rings. The van der Waals surface area contributed by atoms with Crippen LogP contribution in [0.4, 0.5) is 0 Å². The van der Waals surface area contributed by atoms with Crippen LogP contribution in [0.1, 0.15) is 5.56 Å². The van der Waals surface area contributed by atoms with E-state index >= 15 is 0 Å². The zero-order valence-corrected chi connectivity index (χ0v) is 13.7. The molecule has 0 amide bonds. The van der Waals surface area contributed by atoms with Crippen LogP contribution < -0.4 is 10.4 Å². The lowest BCUT2D eigenvalue weighted by molar-refractivity contribution is 0.289. The summed E-state index contributed by atoms with van der Waals surface area (Å²) in [6, 6.07) is 9.04. The van der Waals surface area contributed by atoms with E-state index in [0.29, 0.717) is 11.6 Å². The number of halogens is 1. The van der Waals surface area contributed by atoms with E-state index in [4.69, 9.17) is 4.74 Å². The molecule has 0 radical (unpaired) electrons. The molecule has 9 heteroatoms. The minimum atomic E-state index is -0.317. The molecule has 0 atom stereocenters. The van der Waals surface area contributed by atoms with E-state index in [1.165, 1.54) is 9.36 Å². The van der Waals surface area contributed by atoms with Crippen molar-refractivity contribution < 1.29 is 4.74 Å². The quantitative estimate of drug-likeness (QED) is 0.595. The fourth-order valence-corrected chi connectivity index (χ4v) is 2.50. The minimum absolute atomic E-state index is 0.246. The van der Waals surface area contributed by atoms with Crippen LogP contribution in [-0.4, -0.2) is 30.0 Å². The summed E-state index contributed by atoms with van der Waals surface area (Å²) in [7, 11) is 1.55. The third-order valence-corrected chi connectivity index (χ3v) is 3.97. The fourth-order valence-electron chi connectivity index (χ4n) is 1.86. The standard InChI is InChI=1S/C13H11IN6O2/c1-19-13(21)20(18-17-19)11-5-2-4-10(14)9(11)8-22-12-6-3-7-15-16-12/h2-7H,8H2,1H3. The Balaban J connectivity index is 1.97. The highest BCUT2D eigenvalue weighted by Gasteiger charge is 2.14. The first-order valence-electron chi connectivity index (χ1n) is 6.34. The van der Waals surface area contributed by atoms with Gasteiger partial charge in [0.2, 0.25) is 5.88 Å². The molecule has 0 saturated carbocycles. The third kappa shape index (κ3) is 2.84. The Hall–Kier alpha value is -2.30. The predicted octanol–water partition coefficient (Wildman–Crippen LogP) is 0.940. The minimum Gasteiger partial charge on any atom is -0.472 e. The van der Waals surface area contributed by atoms with Crippen LogP contribution in [0.15, 0.2) is 41.3 Å². The summed E-state index contributed by atoms with van der Waals surface area (Å²) in [5.74, 6) is 0.416. The van der Waals surface area contributed by atoms with Gasteiger partial charge in [0.1, 0.15) is 6.61 Å². The Morgan fingerprint density at radius 3 is 2.77 bits per heavy atom. The molecule has 0 saturated heterocycles. The number of ether oxygens (including phenoxy) is 1. The second-order valence-corrected chi connectivity index (χ2v) is 5.55. The van der Waals surface area contributed by atoms with Gasteiger partial charge in [-0.15, -0.1) is 5.10 Å². The highest BCUT2D eigenvalue weighted by atomic mass is 127. The van der Waals surface area contributed by atoms with Crippen molar-refractivity contribution in [2.45, 2.75) is 6.61 Å². The molecule has 0 spiro atoms. The molecule has 3 aromatic rings. The van der Waals surface area contributed by atoms with Gasteiger partial charge in [0, 0.05) is 28.4 Å². The van der Waals surface area contributed by atoms with E-state index in [0.717, 1.165) is 9.13 Å². The van der Waals surface area contributed by atoms with Gasteiger partial charge in [0.15, 0.2) is 0 Å². The van der Waals surface area contributed by atoms with E-state index < -0.39 is 0 Å². The second-order valence-electron chi connectivity index (χ2n) is 4.38. The van der Waals surface area contributed by atoms with Crippen LogP contribution in [0.25, 0.3) is 5.69 Å². The van der Waals surface area contributed by atoms with E-state index in [1.54, 1.807) is 31.4 Å². The van der Waals surface area contributed by atoms with Gasteiger partial charge >= 0.3 is 5.69 Å². The van der Waals surface area contributed by atoms with Crippen molar-refractivity contribution in [2.75, 3.05) is 0 Å². The SMILES string of the molecule is Cn1nnn(-c2cccc(I)c2COc2cccnn2)c1=O. The average molecular weight is 410 g/mol. The lowest BCUT2D eigenvalue weighted by atomic mass is 10.2. The number of aromatic nitrogens is 6. The molecule has 0 unspecified atom stereocenters. The molecule has 0 N–H and O–H groups in total. The van der Waals surface area contributed by atoms with Gasteiger partial charge in [-0.25, -0.2) is 4.79 Å². The van der Waals surface area contributed by atoms with E-state index in [-0.39, 0.29) is 12.3 Å². The van der Waals surface area contributed by atoms with Crippen LogP contribution >= 0.6 is 22.6 Å². The molecule has 0 aliphatic heterocycles. The van der Waals surface area contributed by atoms with Crippen molar-refractivity contribution in [3.8, 4) is 11.6 Å².